The fourth-order valence-corrected chi connectivity index (χ4v) is 6.04. The predicted molar refractivity (Wildman–Crippen MR) is 145 cm³/mol. The zero-order valence-electron chi connectivity index (χ0n) is 20.9. The molecule has 3 aromatic carbocycles. The van der Waals surface area contributed by atoms with E-state index in [4.69, 9.17) is 11.6 Å². The fourth-order valence-electron chi connectivity index (χ4n) is 4.45. The quantitative estimate of drug-likeness (QED) is 0.444. The molecular formula is C28H32ClN3O3S. The second kappa shape index (κ2) is 11.0. The first-order valence-corrected chi connectivity index (χ1v) is 13.9. The largest absolute Gasteiger partial charge is 0.368 e. The van der Waals surface area contributed by atoms with Crippen molar-refractivity contribution >= 4 is 33.2 Å². The first-order chi connectivity index (χ1) is 17.1. The van der Waals surface area contributed by atoms with Gasteiger partial charge in [-0.15, -0.1) is 0 Å². The number of hydrogen-bond acceptors (Lipinski definition) is 4. The Morgan fingerprint density at radius 3 is 2.25 bits per heavy atom. The Balaban J connectivity index is 1.51. The molecule has 6 nitrogen and oxygen atoms in total. The molecule has 0 aromatic heterocycles. The molecule has 0 aliphatic carbocycles. The summed E-state index contributed by atoms with van der Waals surface area (Å²) >= 11 is 6.14. The average Bonchev–Trinajstić information content (AvgIpc) is 2.86. The second-order valence-corrected chi connectivity index (χ2v) is 11.7. The summed E-state index contributed by atoms with van der Waals surface area (Å²) < 4.78 is 28.4. The molecule has 1 aliphatic rings. The number of carbonyl (C=O) groups excluding carboxylic acids is 1. The number of aryl methyl sites for hydroxylation is 2. The summed E-state index contributed by atoms with van der Waals surface area (Å²) in [5.74, 6) is -0.201. The van der Waals surface area contributed by atoms with Crippen LogP contribution in [0.1, 0.15) is 22.3 Å². The van der Waals surface area contributed by atoms with Crippen molar-refractivity contribution in [3.63, 3.8) is 0 Å². The molecule has 0 spiro atoms. The van der Waals surface area contributed by atoms with Crippen LogP contribution >= 0.6 is 11.6 Å². The van der Waals surface area contributed by atoms with Crippen molar-refractivity contribution in [2.45, 2.75) is 32.2 Å². The minimum atomic E-state index is -3.89. The predicted octanol–water partition coefficient (Wildman–Crippen LogP) is 4.80. The number of benzene rings is 3. The van der Waals surface area contributed by atoms with Crippen LogP contribution in [-0.4, -0.2) is 56.3 Å². The van der Waals surface area contributed by atoms with Gasteiger partial charge in [-0.2, -0.15) is 4.31 Å². The van der Waals surface area contributed by atoms with E-state index in [-0.39, 0.29) is 23.9 Å². The van der Waals surface area contributed by atoms with Crippen molar-refractivity contribution in [3.05, 3.63) is 94.0 Å². The number of hydrogen-bond donors (Lipinski definition) is 0. The zero-order valence-corrected chi connectivity index (χ0v) is 22.5. The van der Waals surface area contributed by atoms with E-state index < -0.39 is 10.0 Å². The van der Waals surface area contributed by atoms with Crippen LogP contribution < -0.4 is 4.90 Å². The highest BCUT2D eigenvalue weighted by molar-refractivity contribution is 7.89. The third kappa shape index (κ3) is 5.91. The van der Waals surface area contributed by atoms with Crippen molar-refractivity contribution in [1.82, 2.24) is 9.21 Å². The number of halogens is 1. The SMILES string of the molecule is Cc1ccc(S(=O)(=O)N(CC(=O)N2CCN(c3cccc(C)c3C)CC2)Cc2cccc(Cl)c2)cc1. The van der Waals surface area contributed by atoms with Gasteiger partial charge in [-0.05, 0) is 67.8 Å². The lowest BCUT2D eigenvalue weighted by molar-refractivity contribution is -0.131. The molecule has 4 rings (SSSR count). The van der Waals surface area contributed by atoms with Gasteiger partial charge in [0, 0.05) is 43.4 Å². The lowest BCUT2D eigenvalue weighted by atomic mass is 10.1. The maximum absolute atomic E-state index is 13.6. The van der Waals surface area contributed by atoms with Gasteiger partial charge in [-0.3, -0.25) is 4.79 Å². The topological polar surface area (TPSA) is 60.9 Å². The van der Waals surface area contributed by atoms with E-state index in [0.717, 1.165) is 11.1 Å². The molecule has 1 heterocycles. The van der Waals surface area contributed by atoms with E-state index in [2.05, 4.69) is 36.9 Å². The van der Waals surface area contributed by atoms with E-state index in [1.54, 1.807) is 47.4 Å². The lowest BCUT2D eigenvalue weighted by Crippen LogP contribution is -2.52. The molecule has 3 aromatic rings. The second-order valence-electron chi connectivity index (χ2n) is 9.30. The molecule has 1 aliphatic heterocycles. The van der Waals surface area contributed by atoms with Gasteiger partial charge in [-0.1, -0.05) is 53.6 Å². The van der Waals surface area contributed by atoms with E-state index >= 15 is 0 Å². The highest BCUT2D eigenvalue weighted by atomic mass is 35.5. The first-order valence-electron chi connectivity index (χ1n) is 12.1. The van der Waals surface area contributed by atoms with Gasteiger partial charge in [0.1, 0.15) is 0 Å². The van der Waals surface area contributed by atoms with Gasteiger partial charge < -0.3 is 9.80 Å². The van der Waals surface area contributed by atoms with Crippen LogP contribution in [0.15, 0.2) is 71.6 Å². The van der Waals surface area contributed by atoms with Gasteiger partial charge in [0.05, 0.1) is 11.4 Å². The maximum atomic E-state index is 13.6. The van der Waals surface area contributed by atoms with Crippen LogP contribution in [-0.2, 0) is 21.4 Å². The summed E-state index contributed by atoms with van der Waals surface area (Å²) in [5.41, 5.74) is 5.36. The number of piperazine rings is 1. The summed E-state index contributed by atoms with van der Waals surface area (Å²) in [4.78, 5) is 17.6. The first kappa shape index (κ1) is 26.2. The maximum Gasteiger partial charge on any atom is 0.243 e. The smallest absolute Gasteiger partial charge is 0.243 e. The van der Waals surface area contributed by atoms with Gasteiger partial charge in [0.25, 0.3) is 0 Å². The standard InChI is InChI=1S/C28H32ClN3O3S/c1-21-10-12-26(13-11-21)36(34,35)32(19-24-7-5-8-25(29)18-24)20-28(33)31-16-14-30(15-17-31)27-9-4-6-22(2)23(27)3/h4-13,18H,14-17,19-20H2,1-3H3. The van der Waals surface area contributed by atoms with Crippen LogP contribution in [0.25, 0.3) is 0 Å². The summed E-state index contributed by atoms with van der Waals surface area (Å²) in [6, 6.07) is 20.0. The Morgan fingerprint density at radius 2 is 1.58 bits per heavy atom. The molecule has 0 unspecified atom stereocenters. The van der Waals surface area contributed by atoms with Crippen molar-refractivity contribution in [3.8, 4) is 0 Å². The van der Waals surface area contributed by atoms with Gasteiger partial charge >= 0.3 is 0 Å². The van der Waals surface area contributed by atoms with Crippen LogP contribution in [0.2, 0.25) is 5.02 Å². The molecule has 0 radical (unpaired) electrons. The van der Waals surface area contributed by atoms with E-state index in [1.165, 1.54) is 21.1 Å². The third-order valence-electron chi connectivity index (χ3n) is 6.77. The Hall–Kier alpha value is -2.87. The Bertz CT molecular complexity index is 1330. The molecule has 0 bridgehead atoms. The summed E-state index contributed by atoms with van der Waals surface area (Å²) in [6.45, 7) is 8.44. The Kier molecular flexibility index (Phi) is 8.03. The molecule has 0 saturated carbocycles. The minimum absolute atomic E-state index is 0.0605. The Labute approximate surface area is 219 Å². The third-order valence-corrected chi connectivity index (χ3v) is 8.81. The number of rotatable bonds is 7. The highest BCUT2D eigenvalue weighted by Gasteiger charge is 2.30. The van der Waals surface area contributed by atoms with Crippen molar-refractivity contribution in [2.75, 3.05) is 37.6 Å². The molecule has 1 saturated heterocycles. The number of amides is 1. The number of nitrogens with zero attached hydrogens (tertiary/aromatic N) is 3. The normalized spacial score (nSPS) is 14.4. The van der Waals surface area contributed by atoms with Crippen LogP contribution in [0, 0.1) is 20.8 Å². The molecule has 1 fully saturated rings. The minimum Gasteiger partial charge on any atom is -0.368 e. The van der Waals surface area contributed by atoms with E-state index in [1.807, 2.05) is 13.0 Å². The molecule has 0 atom stereocenters. The molecule has 1 amide bonds. The van der Waals surface area contributed by atoms with E-state index in [0.29, 0.717) is 31.2 Å². The van der Waals surface area contributed by atoms with Gasteiger partial charge in [0.15, 0.2) is 0 Å². The summed E-state index contributed by atoms with van der Waals surface area (Å²) in [6.07, 6.45) is 0. The molecule has 190 valence electrons. The number of anilines is 1. The monoisotopic (exact) mass is 525 g/mol. The van der Waals surface area contributed by atoms with Crippen molar-refractivity contribution in [2.24, 2.45) is 0 Å². The number of carbonyl (C=O) groups is 1. The lowest BCUT2D eigenvalue weighted by Gasteiger charge is -2.37. The molecule has 36 heavy (non-hydrogen) atoms. The van der Waals surface area contributed by atoms with E-state index in [9.17, 15) is 13.2 Å². The van der Waals surface area contributed by atoms with Crippen molar-refractivity contribution < 1.29 is 13.2 Å². The zero-order chi connectivity index (χ0) is 25.9. The number of sulfonamides is 1. The van der Waals surface area contributed by atoms with Crippen LogP contribution in [0.5, 0.6) is 0 Å². The van der Waals surface area contributed by atoms with Gasteiger partial charge in [-0.25, -0.2) is 8.42 Å². The molecule has 0 N–H and O–H groups in total. The molecular weight excluding hydrogens is 494 g/mol. The van der Waals surface area contributed by atoms with Crippen molar-refractivity contribution in [1.29, 1.82) is 0 Å². The van der Waals surface area contributed by atoms with Gasteiger partial charge in [0.2, 0.25) is 15.9 Å². The Morgan fingerprint density at radius 1 is 0.917 bits per heavy atom. The van der Waals surface area contributed by atoms with Crippen LogP contribution in [0.4, 0.5) is 5.69 Å². The highest BCUT2D eigenvalue weighted by Crippen LogP contribution is 2.25. The van der Waals surface area contributed by atoms with Crippen LogP contribution in [0.3, 0.4) is 0 Å². The fraction of sp³-hybridized carbons (Fsp3) is 0.321. The average molecular weight is 526 g/mol. The summed E-state index contributed by atoms with van der Waals surface area (Å²) in [5, 5.41) is 0.522. The summed E-state index contributed by atoms with van der Waals surface area (Å²) in [7, 11) is -3.89. The molecule has 8 heteroatoms.